The van der Waals surface area contributed by atoms with E-state index >= 15 is 0 Å². The van der Waals surface area contributed by atoms with Crippen LogP contribution >= 0.6 is 23.2 Å². The van der Waals surface area contributed by atoms with Gasteiger partial charge in [-0.05, 0) is 94.7 Å². The molecule has 0 aliphatic carbocycles. The first-order valence-electron chi connectivity index (χ1n) is 11.1. The van der Waals surface area contributed by atoms with E-state index in [1.807, 2.05) is 39.1 Å². The van der Waals surface area contributed by atoms with Crippen molar-refractivity contribution < 1.29 is 9.18 Å². The lowest BCUT2D eigenvalue weighted by molar-refractivity contribution is -0.126. The molecular weight excluding hydrogens is 448 g/mol. The Morgan fingerprint density at radius 2 is 1.84 bits per heavy atom. The van der Waals surface area contributed by atoms with Crippen molar-refractivity contribution in [3.8, 4) is 0 Å². The summed E-state index contributed by atoms with van der Waals surface area (Å²) in [6.07, 6.45) is 2.91. The fraction of sp³-hybridized carbons (Fsp3) is 0.480. The number of carbonyl (C=O) groups excluding carboxylic acids is 1. The van der Waals surface area contributed by atoms with Crippen molar-refractivity contribution in [2.45, 2.75) is 51.1 Å². The molecular formula is C25H32Cl2FN3O. The van der Waals surface area contributed by atoms with Gasteiger partial charge in [-0.15, -0.1) is 0 Å². The summed E-state index contributed by atoms with van der Waals surface area (Å²) in [6, 6.07) is 10.9. The summed E-state index contributed by atoms with van der Waals surface area (Å²) < 4.78 is 13.8. The number of hydrogen-bond acceptors (Lipinski definition) is 3. The molecule has 174 valence electrons. The van der Waals surface area contributed by atoms with E-state index in [-0.39, 0.29) is 17.5 Å². The standard InChI is InChI=1S/C25H32Cl2FN3O/c1-17-14-19(5-7-21(17)26)25(2,10-13-31-11-8-20(29-3)9-12-31)24(32)30-16-18-4-6-22(27)23(28)15-18/h4-7,14-15,20,29H,8-13,16H2,1-3H3,(H,30,32). The molecule has 0 spiro atoms. The minimum atomic E-state index is -0.736. The third-order valence-corrected chi connectivity index (χ3v) is 7.39. The van der Waals surface area contributed by atoms with Crippen LogP contribution < -0.4 is 10.6 Å². The summed E-state index contributed by atoms with van der Waals surface area (Å²) >= 11 is 12.0. The molecule has 7 heteroatoms. The minimum absolute atomic E-state index is 0.0728. The Kier molecular flexibility index (Phi) is 8.56. The number of amides is 1. The highest BCUT2D eigenvalue weighted by molar-refractivity contribution is 6.31. The SMILES string of the molecule is CNC1CCN(CCC(C)(C(=O)NCc2ccc(Cl)c(F)c2)c2ccc(Cl)c(C)c2)CC1. The molecule has 2 N–H and O–H groups in total. The highest BCUT2D eigenvalue weighted by Gasteiger charge is 2.36. The van der Waals surface area contributed by atoms with Gasteiger partial charge in [0.1, 0.15) is 5.82 Å². The molecule has 2 aromatic carbocycles. The van der Waals surface area contributed by atoms with Gasteiger partial charge < -0.3 is 15.5 Å². The largest absolute Gasteiger partial charge is 0.351 e. The van der Waals surface area contributed by atoms with Crippen LogP contribution in [-0.4, -0.2) is 43.5 Å². The highest BCUT2D eigenvalue weighted by atomic mass is 35.5. The third-order valence-electron chi connectivity index (χ3n) is 6.66. The average molecular weight is 480 g/mol. The number of benzene rings is 2. The van der Waals surface area contributed by atoms with Gasteiger partial charge in [0.05, 0.1) is 10.4 Å². The second kappa shape index (κ2) is 11.0. The van der Waals surface area contributed by atoms with Crippen molar-refractivity contribution in [1.82, 2.24) is 15.5 Å². The lowest BCUT2D eigenvalue weighted by Crippen LogP contribution is -2.46. The predicted molar refractivity (Wildman–Crippen MR) is 130 cm³/mol. The number of hydrogen-bond donors (Lipinski definition) is 2. The fourth-order valence-electron chi connectivity index (χ4n) is 4.23. The number of nitrogens with one attached hydrogen (secondary N) is 2. The van der Waals surface area contributed by atoms with Crippen molar-refractivity contribution in [2.75, 3.05) is 26.7 Å². The molecule has 2 aromatic rings. The first-order valence-corrected chi connectivity index (χ1v) is 11.9. The predicted octanol–water partition coefficient (Wildman–Crippen LogP) is 5.09. The molecule has 1 fully saturated rings. The number of halogens is 3. The number of nitrogens with zero attached hydrogens (tertiary/aromatic N) is 1. The summed E-state index contributed by atoms with van der Waals surface area (Å²) in [5.74, 6) is -0.570. The van der Waals surface area contributed by atoms with Crippen LogP contribution in [0.4, 0.5) is 4.39 Å². The lowest BCUT2D eigenvalue weighted by atomic mass is 9.77. The molecule has 1 aliphatic heterocycles. The lowest BCUT2D eigenvalue weighted by Gasteiger charge is -2.35. The number of rotatable bonds is 8. The molecule has 0 saturated carbocycles. The van der Waals surface area contributed by atoms with E-state index in [9.17, 15) is 9.18 Å². The maximum absolute atomic E-state index is 13.8. The molecule has 1 heterocycles. The molecule has 1 aliphatic rings. The van der Waals surface area contributed by atoms with Crippen LogP contribution in [0.2, 0.25) is 10.0 Å². The molecule has 32 heavy (non-hydrogen) atoms. The zero-order chi connectivity index (χ0) is 23.3. The molecule has 0 aromatic heterocycles. The van der Waals surface area contributed by atoms with E-state index in [4.69, 9.17) is 23.2 Å². The maximum atomic E-state index is 13.8. The Morgan fingerprint density at radius 3 is 2.47 bits per heavy atom. The monoisotopic (exact) mass is 479 g/mol. The second-order valence-corrected chi connectivity index (χ2v) is 9.70. The van der Waals surface area contributed by atoms with Crippen LogP contribution in [0.15, 0.2) is 36.4 Å². The number of piperidine rings is 1. The minimum Gasteiger partial charge on any atom is -0.351 e. The Morgan fingerprint density at radius 1 is 1.16 bits per heavy atom. The van der Waals surface area contributed by atoms with E-state index in [2.05, 4.69) is 15.5 Å². The highest BCUT2D eigenvalue weighted by Crippen LogP contribution is 2.32. The van der Waals surface area contributed by atoms with Crippen LogP contribution in [-0.2, 0) is 16.8 Å². The zero-order valence-corrected chi connectivity index (χ0v) is 20.5. The van der Waals surface area contributed by atoms with Crippen molar-refractivity contribution in [3.63, 3.8) is 0 Å². The third kappa shape index (κ3) is 6.02. The van der Waals surface area contributed by atoms with E-state index in [1.54, 1.807) is 6.07 Å². The summed E-state index contributed by atoms with van der Waals surface area (Å²) in [6.45, 7) is 7.04. The summed E-state index contributed by atoms with van der Waals surface area (Å²) in [7, 11) is 2.01. The normalized spacial score (nSPS) is 17.2. The fourth-order valence-corrected chi connectivity index (χ4v) is 4.47. The smallest absolute Gasteiger partial charge is 0.230 e. The van der Waals surface area contributed by atoms with Gasteiger partial charge in [-0.2, -0.15) is 0 Å². The van der Waals surface area contributed by atoms with Gasteiger partial charge in [0, 0.05) is 17.6 Å². The molecule has 0 radical (unpaired) electrons. The van der Waals surface area contributed by atoms with Crippen LogP contribution in [0.5, 0.6) is 0 Å². The van der Waals surface area contributed by atoms with Crippen molar-refractivity contribution >= 4 is 29.1 Å². The molecule has 0 bridgehead atoms. The van der Waals surface area contributed by atoms with Gasteiger partial charge in [0.25, 0.3) is 0 Å². The summed E-state index contributed by atoms with van der Waals surface area (Å²) in [5, 5.41) is 7.12. The van der Waals surface area contributed by atoms with E-state index in [1.165, 1.54) is 12.1 Å². The van der Waals surface area contributed by atoms with Gasteiger partial charge in [-0.25, -0.2) is 4.39 Å². The zero-order valence-electron chi connectivity index (χ0n) is 19.0. The number of aryl methyl sites for hydroxylation is 1. The Hall–Kier alpha value is -1.66. The first kappa shape index (κ1) is 25.0. The molecule has 1 amide bonds. The van der Waals surface area contributed by atoms with E-state index < -0.39 is 11.2 Å². The number of likely N-dealkylation sites (tertiary alicyclic amines) is 1. The van der Waals surface area contributed by atoms with E-state index in [0.717, 1.165) is 43.6 Å². The van der Waals surface area contributed by atoms with Gasteiger partial charge >= 0.3 is 0 Å². The van der Waals surface area contributed by atoms with Crippen LogP contribution in [0.3, 0.4) is 0 Å². The first-order chi connectivity index (χ1) is 15.2. The molecule has 1 saturated heterocycles. The summed E-state index contributed by atoms with van der Waals surface area (Å²) in [4.78, 5) is 15.9. The Bertz CT molecular complexity index is 947. The quantitative estimate of drug-likeness (QED) is 0.554. The molecule has 1 atom stereocenters. The molecule has 4 nitrogen and oxygen atoms in total. The number of carbonyl (C=O) groups is 1. The van der Waals surface area contributed by atoms with Gasteiger partial charge in [0.15, 0.2) is 0 Å². The van der Waals surface area contributed by atoms with Crippen molar-refractivity contribution in [1.29, 1.82) is 0 Å². The van der Waals surface area contributed by atoms with Gasteiger partial charge in [-0.3, -0.25) is 4.79 Å². The van der Waals surface area contributed by atoms with Crippen LogP contribution in [0.25, 0.3) is 0 Å². The van der Waals surface area contributed by atoms with E-state index in [0.29, 0.717) is 23.0 Å². The average Bonchev–Trinajstić information content (AvgIpc) is 2.80. The van der Waals surface area contributed by atoms with Crippen molar-refractivity contribution in [2.24, 2.45) is 0 Å². The Labute approximate surface area is 200 Å². The topological polar surface area (TPSA) is 44.4 Å². The van der Waals surface area contributed by atoms with Crippen LogP contribution in [0, 0.1) is 12.7 Å². The van der Waals surface area contributed by atoms with Crippen LogP contribution in [0.1, 0.15) is 42.9 Å². The Balaban J connectivity index is 1.75. The summed E-state index contributed by atoms with van der Waals surface area (Å²) in [5.41, 5.74) is 1.81. The molecule has 3 rings (SSSR count). The molecule has 1 unspecified atom stereocenters. The van der Waals surface area contributed by atoms with Crippen molar-refractivity contribution in [3.05, 3.63) is 69.0 Å². The van der Waals surface area contributed by atoms with Gasteiger partial charge in [0.2, 0.25) is 5.91 Å². The maximum Gasteiger partial charge on any atom is 0.230 e. The van der Waals surface area contributed by atoms with Gasteiger partial charge in [-0.1, -0.05) is 41.4 Å². The second-order valence-electron chi connectivity index (χ2n) is 8.88.